The van der Waals surface area contributed by atoms with Crippen LogP contribution in [-0.2, 0) is 0 Å². The van der Waals surface area contributed by atoms with Crippen molar-refractivity contribution in [2.45, 2.75) is 12.5 Å². The predicted octanol–water partition coefficient (Wildman–Crippen LogP) is 0.463. The average Bonchev–Trinajstić information content (AvgIpc) is 2.65. The van der Waals surface area contributed by atoms with Gasteiger partial charge in [-0.3, -0.25) is 10.0 Å². The maximum Gasteiger partial charge on any atom is 0.110 e. The molecule has 0 N–H and O–H groups in total. The summed E-state index contributed by atoms with van der Waals surface area (Å²) in [5.41, 5.74) is 0.525. The predicted molar refractivity (Wildman–Crippen MR) is 45.4 cm³/mol. The highest BCUT2D eigenvalue weighted by molar-refractivity contribution is 5.59. The number of aliphatic imine (C=N–C) groups is 1. The van der Waals surface area contributed by atoms with Crippen molar-refractivity contribution >= 4 is 6.34 Å². The van der Waals surface area contributed by atoms with Gasteiger partial charge in [0.25, 0.3) is 0 Å². The molecular formula is C9H11N3. The van der Waals surface area contributed by atoms with Crippen molar-refractivity contribution in [3.05, 3.63) is 12.2 Å². The van der Waals surface area contributed by atoms with Gasteiger partial charge < -0.3 is 0 Å². The highest BCUT2D eigenvalue weighted by Crippen LogP contribution is 2.60. The van der Waals surface area contributed by atoms with Crippen LogP contribution in [-0.4, -0.2) is 35.6 Å². The van der Waals surface area contributed by atoms with Crippen LogP contribution in [0, 0.1) is 11.3 Å². The summed E-state index contributed by atoms with van der Waals surface area (Å²) in [7, 11) is 0. The lowest BCUT2D eigenvalue weighted by molar-refractivity contribution is 0.0560. The van der Waals surface area contributed by atoms with Gasteiger partial charge in [0.2, 0.25) is 0 Å². The van der Waals surface area contributed by atoms with Gasteiger partial charge in [0.1, 0.15) is 13.0 Å². The molecule has 3 aliphatic carbocycles. The van der Waals surface area contributed by atoms with E-state index in [0.29, 0.717) is 5.41 Å². The molecule has 3 nitrogen and oxygen atoms in total. The van der Waals surface area contributed by atoms with Gasteiger partial charge in [-0.1, -0.05) is 12.2 Å². The van der Waals surface area contributed by atoms with Crippen molar-refractivity contribution in [1.29, 1.82) is 0 Å². The largest absolute Gasteiger partial charge is 0.289 e. The molecule has 0 amide bonds. The lowest BCUT2D eigenvalue weighted by Crippen LogP contribution is -2.50. The summed E-state index contributed by atoms with van der Waals surface area (Å²) < 4.78 is 0. The van der Waals surface area contributed by atoms with Gasteiger partial charge in [0, 0.05) is 17.9 Å². The van der Waals surface area contributed by atoms with Crippen LogP contribution < -0.4 is 0 Å². The Morgan fingerprint density at radius 3 is 3.42 bits per heavy atom. The molecule has 62 valence electrons. The molecule has 12 heavy (non-hydrogen) atoms. The minimum Gasteiger partial charge on any atom is -0.289 e. The van der Waals surface area contributed by atoms with E-state index in [2.05, 4.69) is 27.2 Å². The maximum absolute atomic E-state index is 4.28. The maximum atomic E-state index is 4.28. The molecule has 5 rings (SSSR count). The van der Waals surface area contributed by atoms with E-state index < -0.39 is 0 Å². The van der Waals surface area contributed by atoms with Crippen molar-refractivity contribution in [3.63, 3.8) is 0 Å². The Hall–Kier alpha value is -0.830. The average molecular weight is 161 g/mol. The van der Waals surface area contributed by atoms with E-state index in [0.717, 1.165) is 18.6 Å². The van der Waals surface area contributed by atoms with E-state index in [1.165, 1.54) is 13.0 Å². The van der Waals surface area contributed by atoms with E-state index in [9.17, 15) is 0 Å². The first-order chi connectivity index (χ1) is 5.89. The van der Waals surface area contributed by atoms with E-state index in [-0.39, 0.29) is 0 Å². The lowest BCUT2D eigenvalue weighted by atomic mass is 9.65. The third kappa shape index (κ3) is 0.399. The zero-order chi connectivity index (χ0) is 7.76. The third-order valence-corrected chi connectivity index (χ3v) is 3.82. The zero-order valence-corrected chi connectivity index (χ0v) is 6.85. The molecule has 5 aliphatic rings. The summed E-state index contributed by atoms with van der Waals surface area (Å²) >= 11 is 0. The Balaban J connectivity index is 1.83. The van der Waals surface area contributed by atoms with Gasteiger partial charge in [-0.2, -0.15) is 5.01 Å². The minimum atomic E-state index is 0.525. The van der Waals surface area contributed by atoms with Crippen LogP contribution in [0.15, 0.2) is 17.1 Å². The second-order valence-corrected chi connectivity index (χ2v) is 4.39. The Morgan fingerprint density at radius 2 is 2.50 bits per heavy atom. The van der Waals surface area contributed by atoms with Crippen molar-refractivity contribution in [1.82, 2.24) is 10.0 Å². The normalized spacial score (nSPS) is 52.8. The molecule has 1 saturated carbocycles. The molecule has 0 aromatic carbocycles. The van der Waals surface area contributed by atoms with Crippen molar-refractivity contribution in [2.75, 3.05) is 13.2 Å². The first-order valence-corrected chi connectivity index (χ1v) is 4.62. The SMILES string of the molecule is C1=C[C@@]23C[C@H]1[C@@H]2N1C=NCN1C3. The van der Waals surface area contributed by atoms with Gasteiger partial charge in [-0.05, 0) is 6.42 Å². The van der Waals surface area contributed by atoms with Crippen molar-refractivity contribution < 1.29 is 0 Å². The fourth-order valence-electron chi connectivity index (χ4n) is 3.34. The summed E-state index contributed by atoms with van der Waals surface area (Å²) in [5.74, 6) is 0.819. The third-order valence-electron chi connectivity index (χ3n) is 3.82. The topological polar surface area (TPSA) is 18.8 Å². The molecule has 2 aliphatic heterocycles. The second kappa shape index (κ2) is 1.46. The van der Waals surface area contributed by atoms with E-state index in [1.54, 1.807) is 0 Å². The molecule has 2 heterocycles. The Morgan fingerprint density at radius 1 is 1.50 bits per heavy atom. The quantitative estimate of drug-likeness (QED) is 0.481. The highest BCUT2D eigenvalue weighted by Gasteiger charge is 2.64. The van der Waals surface area contributed by atoms with Crippen LogP contribution >= 0.6 is 0 Å². The monoisotopic (exact) mass is 161 g/mol. The van der Waals surface area contributed by atoms with Crippen LogP contribution in [0.1, 0.15) is 6.42 Å². The fourth-order valence-corrected chi connectivity index (χ4v) is 3.34. The first-order valence-electron chi connectivity index (χ1n) is 4.62. The summed E-state index contributed by atoms with van der Waals surface area (Å²) in [5, 5.41) is 4.72. The standard InChI is InChI=1S/C9H11N3/c1-2-9-3-7(1)8(9)12-6-10-5-11(12)4-9/h1-2,6-8H,3-5H2/t7-,8-,9-/m0/s1. The summed E-state index contributed by atoms with van der Waals surface area (Å²) in [6.45, 7) is 2.09. The first kappa shape index (κ1) is 5.75. The second-order valence-electron chi connectivity index (χ2n) is 4.39. The van der Waals surface area contributed by atoms with Gasteiger partial charge in [-0.25, -0.2) is 0 Å². The van der Waals surface area contributed by atoms with E-state index in [1.807, 2.05) is 6.34 Å². The van der Waals surface area contributed by atoms with Gasteiger partial charge in [0.05, 0.1) is 6.04 Å². The molecule has 0 radical (unpaired) electrons. The van der Waals surface area contributed by atoms with Gasteiger partial charge >= 0.3 is 0 Å². The highest BCUT2D eigenvalue weighted by atomic mass is 15.7. The summed E-state index contributed by atoms with van der Waals surface area (Å²) in [4.78, 5) is 4.28. The smallest absolute Gasteiger partial charge is 0.110 e. The number of nitrogens with zero attached hydrogens (tertiary/aromatic N) is 3. The molecule has 0 aromatic rings. The van der Waals surface area contributed by atoms with Crippen molar-refractivity contribution in [3.8, 4) is 0 Å². The van der Waals surface area contributed by atoms with Gasteiger partial charge in [0.15, 0.2) is 0 Å². The summed E-state index contributed by atoms with van der Waals surface area (Å²) in [6.07, 6.45) is 8.24. The van der Waals surface area contributed by atoms with Crippen LogP contribution in [0.25, 0.3) is 0 Å². The van der Waals surface area contributed by atoms with Crippen LogP contribution in [0.2, 0.25) is 0 Å². The molecular weight excluding hydrogens is 150 g/mol. The molecule has 0 unspecified atom stereocenters. The number of hydrogen-bond acceptors (Lipinski definition) is 3. The molecule has 0 aromatic heterocycles. The Labute approximate surface area is 71.3 Å². The molecule has 2 fully saturated rings. The zero-order valence-electron chi connectivity index (χ0n) is 6.85. The van der Waals surface area contributed by atoms with Gasteiger partial charge in [-0.15, -0.1) is 0 Å². The molecule has 1 saturated heterocycles. The van der Waals surface area contributed by atoms with Crippen molar-refractivity contribution in [2.24, 2.45) is 16.3 Å². The number of hydrazine groups is 1. The van der Waals surface area contributed by atoms with Crippen LogP contribution in [0.4, 0.5) is 0 Å². The molecule has 2 bridgehead atoms. The number of fused-ring (bicyclic) bond motifs is 1. The molecule has 3 heteroatoms. The Bertz CT molecular complexity index is 309. The molecule has 3 atom stereocenters. The van der Waals surface area contributed by atoms with E-state index in [4.69, 9.17) is 0 Å². The lowest BCUT2D eigenvalue weighted by Gasteiger charge is -2.43. The Kier molecular flexibility index (Phi) is 0.702. The number of rotatable bonds is 0. The summed E-state index contributed by atoms with van der Waals surface area (Å²) in [6, 6.07) is 0.740. The van der Waals surface area contributed by atoms with Crippen LogP contribution in [0.5, 0.6) is 0 Å². The fraction of sp³-hybridized carbons (Fsp3) is 0.667. The molecule has 1 spiro atoms. The number of hydrogen-bond donors (Lipinski definition) is 0. The van der Waals surface area contributed by atoms with E-state index >= 15 is 0 Å². The minimum absolute atomic E-state index is 0.525. The van der Waals surface area contributed by atoms with Crippen LogP contribution in [0.3, 0.4) is 0 Å².